The molecule has 51 heavy (non-hydrogen) atoms. The minimum Gasteiger partial charge on any atom is -0.208 e. The minimum atomic E-state index is -0.436. The first kappa shape index (κ1) is 28.2. The molecule has 2 aliphatic carbocycles. The van der Waals surface area contributed by atoms with E-state index in [9.17, 15) is 0 Å². The Balaban J connectivity index is 1.18. The summed E-state index contributed by atoms with van der Waals surface area (Å²) >= 11 is 0. The quantitative estimate of drug-likeness (QED) is 0.179. The van der Waals surface area contributed by atoms with Crippen molar-refractivity contribution in [3.8, 4) is 56.4 Å². The molecular weight excluding hydrogens is 619 g/mol. The fourth-order valence-electron chi connectivity index (χ4n) is 8.82. The zero-order chi connectivity index (χ0) is 33.5. The number of fused-ring (bicyclic) bond motifs is 13. The van der Waals surface area contributed by atoms with Crippen LogP contribution in [-0.4, -0.2) is 15.0 Å². The van der Waals surface area contributed by atoms with E-state index in [2.05, 4.69) is 158 Å². The van der Waals surface area contributed by atoms with Gasteiger partial charge in [-0.2, -0.15) is 0 Å². The largest absolute Gasteiger partial charge is 0.208 e. The first-order valence-electron chi connectivity index (χ1n) is 17.5. The maximum Gasteiger partial charge on any atom is 0.164 e. The molecule has 0 unspecified atom stereocenters. The fraction of sp³-hybridized carbons (Fsp3) is 0.0208. The van der Waals surface area contributed by atoms with Gasteiger partial charge in [-0.3, -0.25) is 0 Å². The molecule has 2 aliphatic rings. The highest BCUT2D eigenvalue weighted by atomic mass is 15.0. The van der Waals surface area contributed by atoms with Crippen LogP contribution in [0.25, 0.3) is 78.0 Å². The van der Waals surface area contributed by atoms with E-state index in [0.717, 1.165) is 22.1 Å². The van der Waals surface area contributed by atoms with Gasteiger partial charge in [-0.05, 0) is 72.1 Å². The van der Waals surface area contributed by atoms with Crippen molar-refractivity contribution in [2.75, 3.05) is 0 Å². The normalized spacial score (nSPS) is 13.3. The lowest BCUT2D eigenvalue weighted by Crippen LogP contribution is -2.25. The molecule has 0 fully saturated rings. The highest BCUT2D eigenvalue weighted by Gasteiger charge is 2.52. The Hall–Kier alpha value is -6.71. The second-order valence-electron chi connectivity index (χ2n) is 13.5. The lowest BCUT2D eigenvalue weighted by molar-refractivity contribution is 0.794. The molecule has 0 saturated heterocycles. The lowest BCUT2D eigenvalue weighted by atomic mass is 9.70. The van der Waals surface area contributed by atoms with E-state index in [1.165, 1.54) is 60.7 Å². The monoisotopic (exact) mass is 647 g/mol. The number of benzene rings is 8. The summed E-state index contributed by atoms with van der Waals surface area (Å²) in [5.41, 5.74) is 12.7. The third kappa shape index (κ3) is 3.92. The summed E-state index contributed by atoms with van der Waals surface area (Å²) in [6.07, 6.45) is 0. The second kappa shape index (κ2) is 10.6. The summed E-state index contributed by atoms with van der Waals surface area (Å²) in [5.74, 6) is 1.98. The van der Waals surface area contributed by atoms with E-state index < -0.39 is 5.41 Å². The third-order valence-electron chi connectivity index (χ3n) is 10.9. The van der Waals surface area contributed by atoms with E-state index >= 15 is 0 Å². The molecule has 11 rings (SSSR count). The fourth-order valence-corrected chi connectivity index (χ4v) is 8.82. The molecule has 1 heterocycles. The maximum atomic E-state index is 5.30. The van der Waals surface area contributed by atoms with E-state index in [1.54, 1.807) is 0 Å². The van der Waals surface area contributed by atoms with Crippen LogP contribution in [0.15, 0.2) is 176 Å². The Labute approximate surface area is 295 Å². The highest BCUT2D eigenvalue weighted by molar-refractivity contribution is 6.08. The molecule has 0 radical (unpaired) electrons. The smallest absolute Gasteiger partial charge is 0.164 e. The van der Waals surface area contributed by atoms with Crippen molar-refractivity contribution in [1.29, 1.82) is 0 Å². The van der Waals surface area contributed by atoms with Gasteiger partial charge in [-0.1, -0.05) is 170 Å². The second-order valence-corrected chi connectivity index (χ2v) is 13.5. The SMILES string of the molecule is c1ccc(-c2nc(-c3ccc4c(ccc5ccccc54)c3)nc(-c3cccc4c3-c3ccccc3C43c4ccccc4-c4ccccc43)n2)cc1. The molecule has 0 amide bonds. The minimum absolute atomic E-state index is 0.436. The molecule has 0 bridgehead atoms. The number of hydrogen-bond donors (Lipinski definition) is 0. The molecule has 9 aromatic rings. The van der Waals surface area contributed by atoms with Gasteiger partial charge >= 0.3 is 0 Å². The van der Waals surface area contributed by atoms with Crippen LogP contribution in [0.2, 0.25) is 0 Å². The Bertz CT molecular complexity index is 2830. The molecule has 0 atom stereocenters. The van der Waals surface area contributed by atoms with Crippen molar-refractivity contribution < 1.29 is 0 Å². The first-order valence-corrected chi connectivity index (χ1v) is 17.5. The summed E-state index contributed by atoms with van der Waals surface area (Å²) in [6, 6.07) is 63.1. The summed E-state index contributed by atoms with van der Waals surface area (Å²) in [5, 5.41) is 4.85. The Morgan fingerprint density at radius 3 is 1.61 bits per heavy atom. The van der Waals surface area contributed by atoms with Crippen LogP contribution in [0, 0.1) is 0 Å². The number of nitrogens with zero attached hydrogens (tertiary/aromatic N) is 3. The van der Waals surface area contributed by atoms with Crippen molar-refractivity contribution in [3.05, 3.63) is 198 Å². The van der Waals surface area contributed by atoms with Crippen LogP contribution in [0.5, 0.6) is 0 Å². The average Bonchev–Trinajstić information content (AvgIpc) is 3.68. The van der Waals surface area contributed by atoms with Gasteiger partial charge in [0.1, 0.15) is 0 Å². The Kier molecular flexibility index (Phi) is 5.88. The molecular formula is C48H29N3. The first-order chi connectivity index (χ1) is 25.3. The number of rotatable bonds is 3. The van der Waals surface area contributed by atoms with Crippen molar-refractivity contribution in [3.63, 3.8) is 0 Å². The average molecular weight is 648 g/mol. The van der Waals surface area contributed by atoms with Gasteiger partial charge in [-0.25, -0.2) is 15.0 Å². The predicted molar refractivity (Wildman–Crippen MR) is 207 cm³/mol. The summed E-state index contributed by atoms with van der Waals surface area (Å²) in [4.78, 5) is 15.6. The topological polar surface area (TPSA) is 38.7 Å². The van der Waals surface area contributed by atoms with Crippen molar-refractivity contribution >= 4 is 21.5 Å². The van der Waals surface area contributed by atoms with Gasteiger partial charge < -0.3 is 0 Å². The van der Waals surface area contributed by atoms with E-state index in [-0.39, 0.29) is 0 Å². The maximum absolute atomic E-state index is 5.30. The Morgan fingerprint density at radius 2 is 0.843 bits per heavy atom. The van der Waals surface area contributed by atoms with Crippen LogP contribution in [0.4, 0.5) is 0 Å². The molecule has 3 heteroatoms. The van der Waals surface area contributed by atoms with Gasteiger partial charge in [0.25, 0.3) is 0 Å². The van der Waals surface area contributed by atoms with Gasteiger partial charge in [0.2, 0.25) is 0 Å². The zero-order valence-electron chi connectivity index (χ0n) is 27.6. The molecule has 0 saturated carbocycles. The molecule has 0 N–H and O–H groups in total. The van der Waals surface area contributed by atoms with Gasteiger partial charge in [0.15, 0.2) is 17.5 Å². The predicted octanol–water partition coefficient (Wildman–Crippen LogP) is 11.5. The Morgan fingerprint density at radius 1 is 0.314 bits per heavy atom. The zero-order valence-corrected chi connectivity index (χ0v) is 27.6. The van der Waals surface area contributed by atoms with Crippen LogP contribution in [-0.2, 0) is 5.41 Å². The van der Waals surface area contributed by atoms with Crippen LogP contribution >= 0.6 is 0 Å². The van der Waals surface area contributed by atoms with E-state index in [1.807, 2.05) is 18.2 Å². The summed E-state index contributed by atoms with van der Waals surface area (Å²) in [7, 11) is 0. The molecule has 3 nitrogen and oxygen atoms in total. The summed E-state index contributed by atoms with van der Waals surface area (Å²) in [6.45, 7) is 0. The molecule has 8 aromatic carbocycles. The molecule has 1 aromatic heterocycles. The van der Waals surface area contributed by atoms with Crippen molar-refractivity contribution in [2.24, 2.45) is 0 Å². The lowest BCUT2D eigenvalue weighted by Gasteiger charge is -2.30. The molecule has 236 valence electrons. The summed E-state index contributed by atoms with van der Waals surface area (Å²) < 4.78 is 0. The standard InChI is InChI=1S/C48H29N3/c1-2-14-31(15-3-1)45-49-46(33-27-28-35-32(29-33)26-25-30-13-4-5-16-34(30)35)51-47(50-45)39-20-12-24-43-44(39)38-19-8-11-23-42(38)48(43)40-21-9-6-17-36(40)37-18-7-10-22-41(37)48/h1-29H. The van der Waals surface area contributed by atoms with E-state index in [4.69, 9.17) is 15.0 Å². The van der Waals surface area contributed by atoms with Gasteiger partial charge in [0, 0.05) is 16.7 Å². The van der Waals surface area contributed by atoms with Crippen molar-refractivity contribution in [1.82, 2.24) is 15.0 Å². The number of hydrogen-bond acceptors (Lipinski definition) is 3. The number of aromatic nitrogens is 3. The van der Waals surface area contributed by atoms with E-state index in [0.29, 0.717) is 17.5 Å². The van der Waals surface area contributed by atoms with Crippen LogP contribution < -0.4 is 0 Å². The van der Waals surface area contributed by atoms with Gasteiger partial charge in [0.05, 0.1) is 5.41 Å². The molecule has 0 aliphatic heterocycles. The third-order valence-corrected chi connectivity index (χ3v) is 10.9. The van der Waals surface area contributed by atoms with Crippen LogP contribution in [0.3, 0.4) is 0 Å². The highest BCUT2D eigenvalue weighted by Crippen LogP contribution is 2.63. The molecule has 1 spiro atoms. The van der Waals surface area contributed by atoms with Crippen molar-refractivity contribution in [2.45, 2.75) is 5.41 Å². The van der Waals surface area contributed by atoms with Crippen LogP contribution in [0.1, 0.15) is 22.3 Å². The van der Waals surface area contributed by atoms with Gasteiger partial charge in [-0.15, -0.1) is 0 Å².